The Hall–Kier alpha value is -0.540. The Balaban J connectivity index is 2.43. The van der Waals surface area contributed by atoms with Gasteiger partial charge in [0.2, 0.25) is 0 Å². The van der Waals surface area contributed by atoms with Crippen LogP contribution in [0.4, 0.5) is 0 Å². The SMILES string of the molecule is COc1ccc2c(c1Br)CCC(N)C2. The summed E-state index contributed by atoms with van der Waals surface area (Å²) in [5, 5.41) is 0. The molecular weight excluding hydrogens is 242 g/mol. The van der Waals surface area contributed by atoms with E-state index in [0.29, 0.717) is 6.04 Å². The van der Waals surface area contributed by atoms with Crippen LogP contribution >= 0.6 is 15.9 Å². The summed E-state index contributed by atoms with van der Waals surface area (Å²) in [6.07, 6.45) is 3.10. The Morgan fingerprint density at radius 1 is 1.50 bits per heavy atom. The maximum atomic E-state index is 5.92. The molecule has 0 saturated carbocycles. The highest BCUT2D eigenvalue weighted by Gasteiger charge is 2.19. The van der Waals surface area contributed by atoms with Crippen LogP contribution < -0.4 is 10.5 Å². The molecular formula is C11H14BrNO. The van der Waals surface area contributed by atoms with Gasteiger partial charge in [-0.15, -0.1) is 0 Å². The Kier molecular flexibility index (Phi) is 2.79. The molecule has 1 atom stereocenters. The lowest BCUT2D eigenvalue weighted by Gasteiger charge is -2.23. The van der Waals surface area contributed by atoms with Crippen molar-refractivity contribution in [1.82, 2.24) is 0 Å². The van der Waals surface area contributed by atoms with Crippen LogP contribution in [0.3, 0.4) is 0 Å². The monoisotopic (exact) mass is 255 g/mol. The minimum atomic E-state index is 0.322. The van der Waals surface area contributed by atoms with E-state index in [1.54, 1.807) is 7.11 Å². The lowest BCUT2D eigenvalue weighted by atomic mass is 9.89. The number of nitrogens with two attached hydrogens (primary N) is 1. The third kappa shape index (κ3) is 1.66. The minimum absolute atomic E-state index is 0.322. The molecule has 0 aliphatic heterocycles. The van der Waals surface area contributed by atoms with Crippen LogP contribution in [0.15, 0.2) is 16.6 Å². The quantitative estimate of drug-likeness (QED) is 0.836. The first kappa shape index (κ1) is 9.99. The molecule has 0 fully saturated rings. The van der Waals surface area contributed by atoms with Gasteiger partial charge >= 0.3 is 0 Å². The van der Waals surface area contributed by atoms with Gasteiger partial charge < -0.3 is 10.5 Å². The zero-order chi connectivity index (χ0) is 10.1. The van der Waals surface area contributed by atoms with E-state index in [4.69, 9.17) is 10.5 Å². The van der Waals surface area contributed by atoms with Crippen molar-refractivity contribution in [1.29, 1.82) is 0 Å². The van der Waals surface area contributed by atoms with Crippen molar-refractivity contribution in [2.75, 3.05) is 7.11 Å². The molecule has 0 radical (unpaired) electrons. The molecule has 0 aromatic heterocycles. The first-order valence-electron chi connectivity index (χ1n) is 4.82. The molecule has 2 rings (SSSR count). The number of hydrogen-bond donors (Lipinski definition) is 1. The fourth-order valence-electron chi connectivity index (χ4n) is 1.97. The Morgan fingerprint density at radius 2 is 2.29 bits per heavy atom. The highest BCUT2D eigenvalue weighted by molar-refractivity contribution is 9.10. The number of hydrogen-bond acceptors (Lipinski definition) is 2. The molecule has 0 bridgehead atoms. The summed E-state index contributed by atoms with van der Waals surface area (Å²) < 4.78 is 6.36. The molecule has 76 valence electrons. The first-order valence-corrected chi connectivity index (χ1v) is 5.61. The number of methoxy groups -OCH3 is 1. The van der Waals surface area contributed by atoms with Crippen molar-refractivity contribution in [2.24, 2.45) is 5.73 Å². The van der Waals surface area contributed by atoms with Crippen LogP contribution in [0.25, 0.3) is 0 Å². The number of ether oxygens (including phenoxy) is 1. The number of benzene rings is 1. The number of halogens is 1. The van der Waals surface area contributed by atoms with Gasteiger partial charge in [-0.25, -0.2) is 0 Å². The summed E-state index contributed by atoms with van der Waals surface area (Å²) in [7, 11) is 1.70. The standard InChI is InChI=1S/C11H14BrNO/c1-14-10-5-2-7-6-8(13)3-4-9(7)11(10)12/h2,5,8H,3-4,6,13H2,1H3. The summed E-state index contributed by atoms with van der Waals surface area (Å²) in [6, 6.07) is 4.45. The average molecular weight is 256 g/mol. The lowest BCUT2D eigenvalue weighted by molar-refractivity contribution is 0.410. The van der Waals surface area contributed by atoms with E-state index < -0.39 is 0 Å². The van der Waals surface area contributed by atoms with Crippen LogP contribution in [-0.2, 0) is 12.8 Å². The second-order valence-corrected chi connectivity index (χ2v) is 4.52. The predicted octanol–water partition coefficient (Wildman–Crippen LogP) is 2.27. The molecule has 1 aromatic rings. The van der Waals surface area contributed by atoms with E-state index in [1.165, 1.54) is 11.1 Å². The minimum Gasteiger partial charge on any atom is -0.496 e. The maximum absolute atomic E-state index is 5.92. The highest BCUT2D eigenvalue weighted by atomic mass is 79.9. The van der Waals surface area contributed by atoms with Crippen molar-refractivity contribution >= 4 is 15.9 Å². The van der Waals surface area contributed by atoms with Crippen LogP contribution in [0.2, 0.25) is 0 Å². The third-order valence-corrected chi connectivity index (χ3v) is 3.64. The molecule has 0 amide bonds. The van der Waals surface area contributed by atoms with Crippen LogP contribution in [0, 0.1) is 0 Å². The van der Waals surface area contributed by atoms with Crippen molar-refractivity contribution in [3.8, 4) is 5.75 Å². The molecule has 2 N–H and O–H groups in total. The molecule has 1 aliphatic carbocycles. The summed E-state index contributed by atoms with van der Waals surface area (Å²) in [4.78, 5) is 0. The number of rotatable bonds is 1. The summed E-state index contributed by atoms with van der Waals surface area (Å²) >= 11 is 3.58. The molecule has 1 aromatic carbocycles. The normalized spacial score (nSPS) is 20.4. The van der Waals surface area contributed by atoms with Gasteiger partial charge in [-0.3, -0.25) is 0 Å². The van der Waals surface area contributed by atoms with Gasteiger partial charge in [-0.2, -0.15) is 0 Å². The fourth-order valence-corrected chi connectivity index (χ4v) is 2.72. The zero-order valence-corrected chi connectivity index (χ0v) is 9.80. The first-order chi connectivity index (χ1) is 6.72. The van der Waals surface area contributed by atoms with Gasteiger partial charge in [0.15, 0.2) is 0 Å². The maximum Gasteiger partial charge on any atom is 0.133 e. The van der Waals surface area contributed by atoms with E-state index in [-0.39, 0.29) is 0 Å². The summed E-state index contributed by atoms with van der Waals surface area (Å²) in [5.74, 6) is 0.916. The van der Waals surface area contributed by atoms with Gasteiger partial charge in [-0.05, 0) is 52.4 Å². The van der Waals surface area contributed by atoms with Crippen LogP contribution in [-0.4, -0.2) is 13.2 Å². The zero-order valence-electron chi connectivity index (χ0n) is 8.22. The van der Waals surface area contributed by atoms with E-state index in [9.17, 15) is 0 Å². The summed E-state index contributed by atoms with van der Waals surface area (Å²) in [6.45, 7) is 0. The van der Waals surface area contributed by atoms with Crippen molar-refractivity contribution < 1.29 is 4.74 Å². The Bertz CT molecular complexity index is 351. The van der Waals surface area contributed by atoms with Crippen molar-refractivity contribution in [3.05, 3.63) is 27.7 Å². The van der Waals surface area contributed by atoms with E-state index >= 15 is 0 Å². The molecule has 0 spiro atoms. The fraction of sp³-hybridized carbons (Fsp3) is 0.455. The Labute approximate surface area is 92.6 Å². The van der Waals surface area contributed by atoms with Gasteiger partial charge in [0.05, 0.1) is 11.6 Å². The largest absolute Gasteiger partial charge is 0.496 e. The third-order valence-electron chi connectivity index (χ3n) is 2.77. The smallest absolute Gasteiger partial charge is 0.133 e. The molecule has 3 heteroatoms. The average Bonchev–Trinajstić information content (AvgIpc) is 2.18. The van der Waals surface area contributed by atoms with Gasteiger partial charge in [0.25, 0.3) is 0 Å². The Morgan fingerprint density at radius 3 is 3.00 bits per heavy atom. The topological polar surface area (TPSA) is 35.2 Å². The van der Waals surface area contributed by atoms with E-state index in [1.807, 2.05) is 6.07 Å². The van der Waals surface area contributed by atoms with Gasteiger partial charge in [-0.1, -0.05) is 6.07 Å². The highest BCUT2D eigenvalue weighted by Crippen LogP contribution is 2.34. The van der Waals surface area contributed by atoms with Crippen molar-refractivity contribution in [3.63, 3.8) is 0 Å². The summed E-state index contributed by atoms with van der Waals surface area (Å²) in [5.41, 5.74) is 8.65. The molecule has 0 saturated heterocycles. The lowest BCUT2D eigenvalue weighted by Crippen LogP contribution is -2.28. The van der Waals surface area contributed by atoms with Crippen molar-refractivity contribution in [2.45, 2.75) is 25.3 Å². The van der Waals surface area contributed by atoms with Crippen LogP contribution in [0.1, 0.15) is 17.5 Å². The molecule has 14 heavy (non-hydrogen) atoms. The van der Waals surface area contributed by atoms with Gasteiger partial charge in [0.1, 0.15) is 5.75 Å². The predicted molar refractivity (Wildman–Crippen MR) is 60.7 cm³/mol. The van der Waals surface area contributed by atoms with E-state index in [0.717, 1.165) is 29.5 Å². The number of fused-ring (bicyclic) bond motifs is 1. The molecule has 1 aliphatic rings. The molecule has 2 nitrogen and oxygen atoms in total. The second-order valence-electron chi connectivity index (χ2n) is 3.72. The van der Waals surface area contributed by atoms with Crippen LogP contribution in [0.5, 0.6) is 5.75 Å². The van der Waals surface area contributed by atoms with Gasteiger partial charge in [0, 0.05) is 6.04 Å². The molecule has 1 unspecified atom stereocenters. The molecule has 0 heterocycles. The van der Waals surface area contributed by atoms with E-state index in [2.05, 4.69) is 22.0 Å². The second kappa shape index (κ2) is 3.91.